The van der Waals surface area contributed by atoms with E-state index >= 15 is 0 Å². The van der Waals surface area contributed by atoms with E-state index in [0.29, 0.717) is 36.9 Å². The number of carbonyl (C=O) groups excluding carboxylic acids is 2. The molecule has 2 aliphatic heterocycles. The average Bonchev–Trinajstić information content (AvgIpc) is 3.14. The first kappa shape index (κ1) is 19.2. The zero-order valence-electron chi connectivity index (χ0n) is 16.4. The Hall–Kier alpha value is -3.09. The van der Waals surface area contributed by atoms with Crippen LogP contribution in [0.2, 0.25) is 0 Å². The van der Waals surface area contributed by atoms with Gasteiger partial charge >= 0.3 is 0 Å². The average molecular weight is 398 g/mol. The Balaban J connectivity index is 1.47. The first-order chi connectivity index (χ1) is 13.9. The first-order valence-electron chi connectivity index (χ1n) is 9.66. The van der Waals surface area contributed by atoms with Crippen LogP contribution in [0.1, 0.15) is 24.9 Å². The van der Waals surface area contributed by atoms with Gasteiger partial charge < -0.3 is 19.3 Å². The van der Waals surface area contributed by atoms with Crippen molar-refractivity contribution in [2.75, 3.05) is 31.7 Å². The number of halogens is 1. The highest BCUT2D eigenvalue weighted by Gasteiger charge is 2.37. The lowest BCUT2D eigenvalue weighted by atomic mass is 10.0. The fourth-order valence-electron chi connectivity index (χ4n) is 3.77. The van der Waals surface area contributed by atoms with Crippen molar-refractivity contribution >= 4 is 17.5 Å². The Morgan fingerprint density at radius 3 is 2.55 bits per heavy atom. The van der Waals surface area contributed by atoms with Gasteiger partial charge in [0.2, 0.25) is 11.8 Å². The van der Waals surface area contributed by atoms with Crippen LogP contribution in [0.3, 0.4) is 0 Å². The molecule has 4 rings (SSSR count). The molecule has 0 saturated carbocycles. The lowest BCUT2D eigenvalue weighted by molar-refractivity contribution is -0.136. The number of hydrogen-bond acceptors (Lipinski definition) is 4. The Kier molecular flexibility index (Phi) is 5.13. The van der Waals surface area contributed by atoms with Gasteiger partial charge in [-0.3, -0.25) is 9.59 Å². The van der Waals surface area contributed by atoms with Crippen molar-refractivity contribution in [1.29, 1.82) is 0 Å². The van der Waals surface area contributed by atoms with Crippen LogP contribution >= 0.6 is 0 Å². The van der Waals surface area contributed by atoms with Crippen LogP contribution in [0.4, 0.5) is 10.1 Å². The van der Waals surface area contributed by atoms with E-state index < -0.39 is 5.92 Å². The van der Waals surface area contributed by atoms with Crippen molar-refractivity contribution in [3.8, 4) is 11.5 Å². The maximum absolute atomic E-state index is 13.2. The van der Waals surface area contributed by atoms with E-state index in [0.717, 1.165) is 5.56 Å². The van der Waals surface area contributed by atoms with Crippen molar-refractivity contribution in [1.82, 2.24) is 4.90 Å². The summed E-state index contributed by atoms with van der Waals surface area (Å²) in [5.41, 5.74) is 1.54. The van der Waals surface area contributed by atoms with Gasteiger partial charge in [-0.15, -0.1) is 0 Å². The molecule has 2 unspecified atom stereocenters. The first-order valence-corrected chi connectivity index (χ1v) is 9.66. The Morgan fingerprint density at radius 2 is 1.83 bits per heavy atom. The minimum atomic E-state index is -0.427. The molecule has 1 fully saturated rings. The van der Waals surface area contributed by atoms with Crippen molar-refractivity contribution in [2.45, 2.75) is 19.4 Å². The number of nitrogens with zero attached hydrogens (tertiary/aromatic N) is 2. The van der Waals surface area contributed by atoms with Crippen molar-refractivity contribution < 1.29 is 23.5 Å². The molecule has 2 amide bonds. The number of benzene rings is 2. The summed E-state index contributed by atoms with van der Waals surface area (Å²) in [4.78, 5) is 28.9. The minimum absolute atomic E-state index is 0.0946. The standard InChI is InChI=1S/C22H23FN2O4/c1-14(15-3-5-17(23)6-4-15)24(2)22(27)16-11-21(26)25(13-16)18-7-8-19-20(12-18)29-10-9-28-19/h3-8,12,14,16H,9-11,13H2,1-2H3. The monoisotopic (exact) mass is 398 g/mol. The summed E-state index contributed by atoms with van der Waals surface area (Å²) in [6, 6.07) is 11.3. The van der Waals surface area contributed by atoms with E-state index in [2.05, 4.69) is 0 Å². The molecule has 152 valence electrons. The summed E-state index contributed by atoms with van der Waals surface area (Å²) in [6.45, 7) is 3.18. The Morgan fingerprint density at radius 1 is 1.14 bits per heavy atom. The van der Waals surface area contributed by atoms with Gasteiger partial charge in [0.25, 0.3) is 0 Å². The highest BCUT2D eigenvalue weighted by molar-refractivity contribution is 6.00. The van der Waals surface area contributed by atoms with Crippen LogP contribution in [0, 0.1) is 11.7 Å². The molecule has 0 N–H and O–H groups in total. The highest BCUT2D eigenvalue weighted by Crippen LogP contribution is 2.36. The highest BCUT2D eigenvalue weighted by atomic mass is 19.1. The van der Waals surface area contributed by atoms with E-state index in [1.54, 1.807) is 41.1 Å². The topological polar surface area (TPSA) is 59.1 Å². The maximum Gasteiger partial charge on any atom is 0.228 e. The molecule has 0 radical (unpaired) electrons. The molecule has 2 aromatic rings. The smallest absolute Gasteiger partial charge is 0.228 e. The molecular formula is C22H23FN2O4. The minimum Gasteiger partial charge on any atom is -0.486 e. The van der Waals surface area contributed by atoms with Crippen molar-refractivity contribution in [3.63, 3.8) is 0 Å². The number of rotatable bonds is 4. The number of ether oxygens (including phenoxy) is 2. The summed E-state index contributed by atoms with van der Waals surface area (Å²) in [5, 5.41) is 0. The molecule has 6 nitrogen and oxygen atoms in total. The molecule has 0 aromatic heterocycles. The molecule has 0 spiro atoms. The second-order valence-corrected chi connectivity index (χ2v) is 7.41. The molecule has 1 saturated heterocycles. The zero-order chi connectivity index (χ0) is 20.5. The van der Waals surface area contributed by atoms with Gasteiger partial charge in [0.05, 0.1) is 12.0 Å². The SMILES string of the molecule is CC(c1ccc(F)cc1)N(C)C(=O)C1CC(=O)N(c2ccc3c(c2)OCCO3)C1. The largest absolute Gasteiger partial charge is 0.486 e. The molecule has 2 atom stereocenters. The number of carbonyl (C=O) groups is 2. The molecular weight excluding hydrogens is 375 g/mol. The van der Waals surface area contributed by atoms with Crippen LogP contribution in [-0.2, 0) is 9.59 Å². The van der Waals surface area contributed by atoms with Crippen LogP contribution in [0.15, 0.2) is 42.5 Å². The summed E-state index contributed by atoms with van der Waals surface area (Å²) in [6.07, 6.45) is 0.160. The van der Waals surface area contributed by atoms with Gasteiger partial charge in [-0.1, -0.05) is 12.1 Å². The molecule has 2 heterocycles. The lowest BCUT2D eigenvalue weighted by Gasteiger charge is -2.28. The summed E-state index contributed by atoms with van der Waals surface area (Å²) < 4.78 is 24.3. The van der Waals surface area contributed by atoms with E-state index in [4.69, 9.17) is 9.47 Å². The quantitative estimate of drug-likeness (QED) is 0.794. The maximum atomic E-state index is 13.2. The molecule has 2 aliphatic rings. The summed E-state index contributed by atoms with van der Waals surface area (Å²) in [7, 11) is 1.72. The molecule has 0 bridgehead atoms. The Bertz CT molecular complexity index is 931. The molecule has 0 aliphatic carbocycles. The predicted molar refractivity (Wildman–Crippen MR) is 105 cm³/mol. The van der Waals surface area contributed by atoms with Gasteiger partial charge in [0, 0.05) is 31.8 Å². The fourth-order valence-corrected chi connectivity index (χ4v) is 3.77. The van der Waals surface area contributed by atoms with Gasteiger partial charge in [-0.25, -0.2) is 4.39 Å². The number of amides is 2. The van der Waals surface area contributed by atoms with Crippen molar-refractivity contribution in [2.24, 2.45) is 5.92 Å². The predicted octanol–water partition coefficient (Wildman–Crippen LogP) is 3.17. The number of fused-ring (bicyclic) bond motifs is 1. The van der Waals surface area contributed by atoms with Gasteiger partial charge in [-0.05, 0) is 36.8 Å². The van der Waals surface area contributed by atoms with Crippen molar-refractivity contribution in [3.05, 3.63) is 53.8 Å². The van der Waals surface area contributed by atoms with Crippen LogP contribution in [-0.4, -0.2) is 43.5 Å². The van der Waals surface area contributed by atoms with Gasteiger partial charge in [-0.2, -0.15) is 0 Å². The third kappa shape index (κ3) is 3.77. The van der Waals surface area contributed by atoms with Gasteiger partial charge in [0.15, 0.2) is 11.5 Å². The molecule has 29 heavy (non-hydrogen) atoms. The third-order valence-corrected chi connectivity index (χ3v) is 5.59. The van der Waals surface area contributed by atoms with E-state index in [9.17, 15) is 14.0 Å². The van der Waals surface area contributed by atoms with Crippen LogP contribution in [0.5, 0.6) is 11.5 Å². The lowest BCUT2D eigenvalue weighted by Crippen LogP contribution is -2.36. The summed E-state index contributed by atoms with van der Waals surface area (Å²) >= 11 is 0. The zero-order valence-corrected chi connectivity index (χ0v) is 16.4. The van der Waals surface area contributed by atoms with E-state index in [1.165, 1.54) is 12.1 Å². The fraction of sp³-hybridized carbons (Fsp3) is 0.364. The number of anilines is 1. The van der Waals surface area contributed by atoms with Gasteiger partial charge in [0.1, 0.15) is 19.0 Å². The third-order valence-electron chi connectivity index (χ3n) is 5.59. The van der Waals surface area contributed by atoms with Crippen LogP contribution < -0.4 is 14.4 Å². The molecule has 2 aromatic carbocycles. The van der Waals surface area contributed by atoms with E-state index in [-0.39, 0.29) is 30.1 Å². The Labute approximate surface area is 168 Å². The van der Waals surface area contributed by atoms with E-state index in [1.807, 2.05) is 13.0 Å². The second kappa shape index (κ2) is 7.73. The summed E-state index contributed by atoms with van der Waals surface area (Å²) in [5.74, 6) is 0.332. The number of hydrogen-bond donors (Lipinski definition) is 0. The van der Waals surface area contributed by atoms with Crippen LogP contribution in [0.25, 0.3) is 0 Å². The molecule has 7 heteroatoms. The normalized spacial score (nSPS) is 19.2. The second-order valence-electron chi connectivity index (χ2n) is 7.41.